The van der Waals surface area contributed by atoms with Crippen LogP contribution in [0.25, 0.3) is 0 Å². The Labute approximate surface area is 195 Å². The fourth-order valence-corrected chi connectivity index (χ4v) is 5.95. The van der Waals surface area contributed by atoms with E-state index in [1.807, 2.05) is 22.4 Å². The Hall–Kier alpha value is -1.70. The van der Waals surface area contributed by atoms with Crippen molar-refractivity contribution in [1.82, 2.24) is 14.5 Å². The Bertz CT molecular complexity index is 851. The molecule has 2 fully saturated rings. The first-order valence-corrected chi connectivity index (χ1v) is 13.3. The van der Waals surface area contributed by atoms with Crippen molar-refractivity contribution < 1.29 is 36.3 Å². The van der Waals surface area contributed by atoms with Crippen molar-refractivity contribution in [2.24, 2.45) is 0 Å². The first-order chi connectivity index (χ1) is 15.5. The summed E-state index contributed by atoms with van der Waals surface area (Å²) in [6, 6.07) is 4.11. The van der Waals surface area contributed by atoms with Crippen LogP contribution >= 0.6 is 11.3 Å². The Morgan fingerprint density at radius 1 is 1.18 bits per heavy atom. The SMILES string of the molecule is O=C(Cc1cccs1)N(CCS(=O)(=O)N1CCNCC1)C1CCCCC1.O=C(O)C(F)(F)F. The van der Waals surface area contributed by atoms with E-state index in [1.54, 1.807) is 15.6 Å². The highest BCUT2D eigenvalue weighted by molar-refractivity contribution is 7.89. The molecule has 33 heavy (non-hydrogen) atoms. The van der Waals surface area contributed by atoms with Crippen molar-refractivity contribution in [3.8, 4) is 0 Å². The van der Waals surface area contributed by atoms with Gasteiger partial charge in [-0.15, -0.1) is 11.3 Å². The van der Waals surface area contributed by atoms with Crippen molar-refractivity contribution >= 4 is 33.2 Å². The van der Waals surface area contributed by atoms with E-state index in [-0.39, 0.29) is 17.7 Å². The zero-order valence-electron chi connectivity index (χ0n) is 18.2. The second kappa shape index (κ2) is 12.7. The normalized spacial score (nSPS) is 18.3. The van der Waals surface area contributed by atoms with Crippen LogP contribution in [0.1, 0.15) is 37.0 Å². The van der Waals surface area contributed by atoms with Crippen molar-refractivity contribution in [1.29, 1.82) is 0 Å². The first kappa shape index (κ1) is 27.5. The second-order valence-corrected chi connectivity index (χ2v) is 11.0. The van der Waals surface area contributed by atoms with E-state index in [0.29, 0.717) is 39.1 Å². The van der Waals surface area contributed by atoms with Crippen LogP contribution in [0.4, 0.5) is 13.2 Å². The van der Waals surface area contributed by atoms with Crippen LogP contribution in [0.15, 0.2) is 17.5 Å². The van der Waals surface area contributed by atoms with E-state index in [9.17, 15) is 26.4 Å². The van der Waals surface area contributed by atoms with Crippen LogP contribution in [-0.2, 0) is 26.0 Å². The topological polar surface area (TPSA) is 107 Å². The van der Waals surface area contributed by atoms with Gasteiger partial charge in [-0.05, 0) is 24.3 Å². The fourth-order valence-electron chi connectivity index (χ4n) is 3.83. The number of aliphatic carboxylic acids is 1. The molecule has 1 aromatic heterocycles. The number of carboxylic acids is 1. The van der Waals surface area contributed by atoms with E-state index < -0.39 is 22.2 Å². The molecule has 1 saturated heterocycles. The van der Waals surface area contributed by atoms with Crippen LogP contribution in [0.5, 0.6) is 0 Å². The number of carboxylic acid groups (broad SMARTS) is 1. The second-order valence-electron chi connectivity index (χ2n) is 7.90. The predicted octanol–water partition coefficient (Wildman–Crippen LogP) is 2.32. The van der Waals surface area contributed by atoms with Gasteiger partial charge in [-0.3, -0.25) is 4.79 Å². The number of sulfonamides is 1. The number of nitrogens with zero attached hydrogens (tertiary/aromatic N) is 2. The molecule has 2 N–H and O–H groups in total. The summed E-state index contributed by atoms with van der Waals surface area (Å²) in [5.41, 5.74) is 0. The standard InChI is InChI=1S/C18H29N3O3S2.C2HF3O2/c22-18(15-17-7-4-13-25-17)21(16-5-2-1-3-6-16)12-14-26(23,24)20-10-8-19-9-11-20;3-2(4,5)1(6)7/h4,7,13,16,19H,1-3,5-6,8-12,14-15H2;(H,6,7). The fraction of sp³-hybridized carbons (Fsp3) is 0.700. The van der Waals surface area contributed by atoms with Crippen LogP contribution in [0.3, 0.4) is 0 Å². The minimum absolute atomic E-state index is 0.0275. The molecule has 0 atom stereocenters. The molecule has 3 rings (SSSR count). The summed E-state index contributed by atoms with van der Waals surface area (Å²) >= 11 is 1.58. The van der Waals surface area contributed by atoms with Gasteiger partial charge in [0.25, 0.3) is 0 Å². The number of hydrogen-bond donors (Lipinski definition) is 2. The zero-order chi connectivity index (χ0) is 24.5. The maximum absolute atomic E-state index is 12.9. The third kappa shape index (κ3) is 9.22. The maximum Gasteiger partial charge on any atom is 0.490 e. The Balaban J connectivity index is 0.000000479. The predicted molar refractivity (Wildman–Crippen MR) is 119 cm³/mol. The lowest BCUT2D eigenvalue weighted by molar-refractivity contribution is -0.192. The van der Waals surface area contributed by atoms with Gasteiger partial charge >= 0.3 is 12.1 Å². The molecule has 0 spiro atoms. The highest BCUT2D eigenvalue weighted by Crippen LogP contribution is 2.24. The summed E-state index contributed by atoms with van der Waals surface area (Å²) in [4.78, 5) is 24.7. The van der Waals surface area contributed by atoms with Crippen LogP contribution in [-0.4, -0.2) is 85.3 Å². The molecule has 2 heterocycles. The lowest BCUT2D eigenvalue weighted by Gasteiger charge is -2.35. The summed E-state index contributed by atoms with van der Waals surface area (Å²) in [5.74, 6) is -2.66. The van der Waals surface area contributed by atoms with Gasteiger partial charge in [0.1, 0.15) is 0 Å². The van der Waals surface area contributed by atoms with E-state index in [0.717, 1.165) is 30.6 Å². The average Bonchev–Trinajstić information content (AvgIpc) is 3.28. The number of halogens is 3. The molecule has 0 bridgehead atoms. The molecule has 8 nitrogen and oxygen atoms in total. The third-order valence-electron chi connectivity index (χ3n) is 5.54. The van der Waals surface area contributed by atoms with Crippen molar-refractivity contribution in [2.45, 2.75) is 50.7 Å². The Morgan fingerprint density at radius 3 is 2.30 bits per heavy atom. The zero-order valence-corrected chi connectivity index (χ0v) is 19.9. The maximum atomic E-state index is 12.9. The summed E-state index contributed by atoms with van der Waals surface area (Å²) in [5, 5.41) is 12.3. The number of carbonyl (C=O) groups is 2. The molecule has 0 aromatic carbocycles. The summed E-state index contributed by atoms with van der Waals surface area (Å²) in [6.07, 6.45) is 0.730. The van der Waals surface area contributed by atoms with Gasteiger partial charge in [0.05, 0.1) is 12.2 Å². The third-order valence-corrected chi connectivity index (χ3v) is 8.27. The Morgan fingerprint density at radius 2 is 1.79 bits per heavy atom. The van der Waals surface area contributed by atoms with Gasteiger partial charge in [0.15, 0.2) is 0 Å². The minimum Gasteiger partial charge on any atom is -0.475 e. The van der Waals surface area contributed by atoms with E-state index in [4.69, 9.17) is 9.90 Å². The number of rotatable bonds is 7. The average molecular weight is 514 g/mol. The quantitative estimate of drug-likeness (QED) is 0.580. The van der Waals surface area contributed by atoms with Gasteiger partial charge in [0, 0.05) is 43.6 Å². The summed E-state index contributed by atoms with van der Waals surface area (Å²) < 4.78 is 58.6. The number of nitrogens with one attached hydrogen (secondary N) is 1. The molecule has 0 radical (unpaired) electrons. The molecule has 188 valence electrons. The van der Waals surface area contributed by atoms with Crippen LogP contribution in [0, 0.1) is 0 Å². The van der Waals surface area contributed by atoms with Crippen LogP contribution in [0.2, 0.25) is 0 Å². The number of alkyl halides is 3. The molecule has 1 saturated carbocycles. The number of amides is 1. The lowest BCUT2D eigenvalue weighted by atomic mass is 9.94. The van der Waals surface area contributed by atoms with Gasteiger partial charge < -0.3 is 15.3 Å². The molecule has 1 aromatic rings. The van der Waals surface area contributed by atoms with E-state index >= 15 is 0 Å². The van der Waals surface area contributed by atoms with Gasteiger partial charge in [-0.25, -0.2) is 13.2 Å². The van der Waals surface area contributed by atoms with Gasteiger partial charge in [-0.2, -0.15) is 17.5 Å². The summed E-state index contributed by atoms with van der Waals surface area (Å²) in [6.45, 7) is 2.75. The smallest absolute Gasteiger partial charge is 0.475 e. The number of carbonyl (C=O) groups excluding carboxylic acids is 1. The summed E-state index contributed by atoms with van der Waals surface area (Å²) in [7, 11) is -3.31. The van der Waals surface area contributed by atoms with Crippen molar-refractivity contribution in [3.63, 3.8) is 0 Å². The molecule has 1 aliphatic carbocycles. The van der Waals surface area contributed by atoms with Crippen molar-refractivity contribution in [3.05, 3.63) is 22.4 Å². The highest BCUT2D eigenvalue weighted by atomic mass is 32.2. The van der Waals surface area contributed by atoms with Gasteiger partial charge in [-0.1, -0.05) is 25.3 Å². The number of hydrogen-bond acceptors (Lipinski definition) is 6. The lowest BCUT2D eigenvalue weighted by Crippen LogP contribution is -2.50. The molecule has 13 heteroatoms. The molecular weight excluding hydrogens is 483 g/mol. The van der Waals surface area contributed by atoms with Gasteiger partial charge in [0.2, 0.25) is 15.9 Å². The molecular formula is C20H30F3N3O5S2. The first-order valence-electron chi connectivity index (χ1n) is 10.8. The molecule has 2 aliphatic rings. The largest absolute Gasteiger partial charge is 0.490 e. The molecule has 1 amide bonds. The molecule has 1 aliphatic heterocycles. The highest BCUT2D eigenvalue weighted by Gasteiger charge is 2.38. The van der Waals surface area contributed by atoms with E-state index in [1.165, 1.54) is 6.42 Å². The van der Waals surface area contributed by atoms with Crippen molar-refractivity contribution in [2.75, 3.05) is 38.5 Å². The molecule has 0 unspecified atom stereocenters. The Kier molecular flexibility index (Phi) is 10.6. The van der Waals surface area contributed by atoms with Crippen LogP contribution < -0.4 is 5.32 Å². The number of piperazine rings is 1. The minimum atomic E-state index is -5.08. The monoisotopic (exact) mass is 513 g/mol. The number of thiophene rings is 1. The van der Waals surface area contributed by atoms with E-state index in [2.05, 4.69) is 5.32 Å².